The molecule has 0 saturated carbocycles. The molecular weight excluding hydrogens is 172 g/mol. The van der Waals surface area contributed by atoms with Crippen molar-refractivity contribution in [2.75, 3.05) is 13.2 Å². The van der Waals surface area contributed by atoms with Gasteiger partial charge < -0.3 is 4.74 Å². The minimum atomic E-state index is 0.843. The lowest BCUT2D eigenvalue weighted by Gasteiger charge is -2.09. The summed E-state index contributed by atoms with van der Waals surface area (Å²) < 4.78 is 5.60. The van der Waals surface area contributed by atoms with E-state index >= 15 is 0 Å². The minimum absolute atomic E-state index is 0.843. The topological polar surface area (TPSA) is 9.23 Å². The Morgan fingerprint density at radius 2 is 1.64 bits per heavy atom. The van der Waals surface area contributed by atoms with Gasteiger partial charge in [-0.05, 0) is 18.8 Å². The number of unbranched alkanes of at least 4 members (excludes halogenated alkanes) is 3. The van der Waals surface area contributed by atoms with Crippen LogP contribution in [0.4, 0.5) is 0 Å². The third-order valence-electron chi connectivity index (χ3n) is 2.68. The van der Waals surface area contributed by atoms with Crippen LogP contribution in [-0.4, -0.2) is 13.2 Å². The first-order valence-electron chi connectivity index (χ1n) is 6.39. The highest BCUT2D eigenvalue weighted by Crippen LogP contribution is 2.09. The second kappa shape index (κ2) is 11.0. The molecule has 86 valence electrons. The molecule has 0 amide bonds. The molecule has 0 rings (SSSR count). The summed E-state index contributed by atoms with van der Waals surface area (Å²) in [5, 5.41) is 0. The van der Waals surface area contributed by atoms with Gasteiger partial charge in [0.05, 0.1) is 0 Å². The molecule has 1 nitrogen and oxygen atoms in total. The monoisotopic (exact) mass is 200 g/mol. The van der Waals surface area contributed by atoms with E-state index in [9.17, 15) is 0 Å². The molecule has 1 heteroatoms. The van der Waals surface area contributed by atoms with Gasteiger partial charge >= 0.3 is 0 Å². The fourth-order valence-electron chi connectivity index (χ4n) is 1.65. The number of rotatable bonds is 10. The first-order valence-corrected chi connectivity index (χ1v) is 6.39. The molecule has 1 unspecified atom stereocenters. The van der Waals surface area contributed by atoms with E-state index in [0.29, 0.717) is 0 Å². The second-order valence-corrected chi connectivity index (χ2v) is 4.36. The Balaban J connectivity index is 2.98. The average molecular weight is 200 g/mol. The SMILES string of the molecule is CCCCCCOCCC(C)CCC. The largest absolute Gasteiger partial charge is 0.381 e. The van der Waals surface area contributed by atoms with Gasteiger partial charge in [0.25, 0.3) is 0 Å². The van der Waals surface area contributed by atoms with Crippen molar-refractivity contribution in [3.63, 3.8) is 0 Å². The van der Waals surface area contributed by atoms with Gasteiger partial charge in [0, 0.05) is 13.2 Å². The van der Waals surface area contributed by atoms with Crippen LogP contribution in [0, 0.1) is 5.92 Å². The molecule has 0 aliphatic rings. The molecule has 0 saturated heterocycles. The Morgan fingerprint density at radius 1 is 0.857 bits per heavy atom. The van der Waals surface area contributed by atoms with Gasteiger partial charge in [0.15, 0.2) is 0 Å². The molecule has 0 N–H and O–H groups in total. The molecule has 0 bridgehead atoms. The van der Waals surface area contributed by atoms with Crippen LogP contribution in [0.5, 0.6) is 0 Å². The maximum absolute atomic E-state index is 5.60. The minimum Gasteiger partial charge on any atom is -0.381 e. The van der Waals surface area contributed by atoms with Gasteiger partial charge in [-0.3, -0.25) is 0 Å². The fraction of sp³-hybridized carbons (Fsp3) is 1.00. The Kier molecular flexibility index (Phi) is 11.0. The Bertz CT molecular complexity index is 101. The smallest absolute Gasteiger partial charge is 0.0468 e. The van der Waals surface area contributed by atoms with Gasteiger partial charge in [-0.15, -0.1) is 0 Å². The lowest BCUT2D eigenvalue weighted by Crippen LogP contribution is -2.02. The van der Waals surface area contributed by atoms with Crippen LogP contribution in [0.25, 0.3) is 0 Å². The van der Waals surface area contributed by atoms with Crippen LogP contribution in [0.1, 0.15) is 65.7 Å². The molecule has 0 heterocycles. The zero-order valence-corrected chi connectivity index (χ0v) is 10.3. The predicted octanol–water partition coefficient (Wildman–Crippen LogP) is 4.41. The number of hydrogen-bond donors (Lipinski definition) is 0. The molecule has 14 heavy (non-hydrogen) atoms. The summed E-state index contributed by atoms with van der Waals surface area (Å²) in [5.74, 6) is 0.843. The third kappa shape index (κ3) is 10.0. The average Bonchev–Trinajstić information content (AvgIpc) is 2.17. The predicted molar refractivity (Wildman–Crippen MR) is 63.7 cm³/mol. The van der Waals surface area contributed by atoms with Crippen molar-refractivity contribution < 1.29 is 4.74 Å². The van der Waals surface area contributed by atoms with Gasteiger partial charge in [-0.25, -0.2) is 0 Å². The third-order valence-corrected chi connectivity index (χ3v) is 2.68. The van der Waals surface area contributed by atoms with E-state index in [4.69, 9.17) is 4.74 Å². The Labute approximate surface area is 90.2 Å². The second-order valence-electron chi connectivity index (χ2n) is 4.36. The van der Waals surface area contributed by atoms with Crippen molar-refractivity contribution in [1.29, 1.82) is 0 Å². The molecule has 0 aliphatic heterocycles. The van der Waals surface area contributed by atoms with Crippen molar-refractivity contribution in [2.24, 2.45) is 5.92 Å². The normalized spacial score (nSPS) is 13.1. The van der Waals surface area contributed by atoms with Gasteiger partial charge in [0.2, 0.25) is 0 Å². The quantitative estimate of drug-likeness (QED) is 0.475. The van der Waals surface area contributed by atoms with Crippen molar-refractivity contribution in [1.82, 2.24) is 0 Å². The molecule has 1 atom stereocenters. The number of ether oxygens (including phenoxy) is 1. The van der Waals surface area contributed by atoms with Crippen LogP contribution in [-0.2, 0) is 4.74 Å². The zero-order chi connectivity index (χ0) is 10.6. The maximum atomic E-state index is 5.60. The van der Waals surface area contributed by atoms with Gasteiger partial charge in [0.1, 0.15) is 0 Å². The number of hydrogen-bond acceptors (Lipinski definition) is 1. The standard InChI is InChI=1S/C13H28O/c1-4-6-7-8-11-14-12-10-13(3)9-5-2/h13H,4-12H2,1-3H3. The van der Waals surface area contributed by atoms with E-state index in [1.807, 2.05) is 0 Å². The summed E-state index contributed by atoms with van der Waals surface area (Å²) in [7, 11) is 0. The van der Waals surface area contributed by atoms with Crippen molar-refractivity contribution in [2.45, 2.75) is 65.7 Å². The molecule has 0 spiro atoms. The van der Waals surface area contributed by atoms with Crippen LogP contribution < -0.4 is 0 Å². The summed E-state index contributed by atoms with van der Waals surface area (Å²) in [6.45, 7) is 8.76. The van der Waals surface area contributed by atoms with E-state index in [-0.39, 0.29) is 0 Å². The van der Waals surface area contributed by atoms with E-state index < -0.39 is 0 Å². The van der Waals surface area contributed by atoms with Crippen LogP contribution in [0.3, 0.4) is 0 Å². The zero-order valence-electron chi connectivity index (χ0n) is 10.3. The van der Waals surface area contributed by atoms with Crippen LogP contribution >= 0.6 is 0 Å². The molecule has 0 aromatic rings. The molecular formula is C13H28O. The van der Waals surface area contributed by atoms with Gasteiger partial charge in [-0.2, -0.15) is 0 Å². The van der Waals surface area contributed by atoms with Crippen molar-refractivity contribution >= 4 is 0 Å². The summed E-state index contributed by atoms with van der Waals surface area (Å²) >= 11 is 0. The van der Waals surface area contributed by atoms with Crippen molar-refractivity contribution in [3.8, 4) is 0 Å². The van der Waals surface area contributed by atoms with E-state index in [1.54, 1.807) is 0 Å². The van der Waals surface area contributed by atoms with Gasteiger partial charge in [-0.1, -0.05) is 52.9 Å². The molecule has 0 aliphatic carbocycles. The summed E-state index contributed by atoms with van der Waals surface area (Å²) in [4.78, 5) is 0. The molecule has 0 aromatic heterocycles. The van der Waals surface area contributed by atoms with E-state index in [0.717, 1.165) is 19.1 Å². The van der Waals surface area contributed by atoms with Crippen LogP contribution in [0.15, 0.2) is 0 Å². The molecule has 0 aromatic carbocycles. The fourth-order valence-corrected chi connectivity index (χ4v) is 1.65. The lowest BCUT2D eigenvalue weighted by atomic mass is 10.0. The summed E-state index contributed by atoms with van der Waals surface area (Å²) in [6, 6.07) is 0. The van der Waals surface area contributed by atoms with Crippen molar-refractivity contribution in [3.05, 3.63) is 0 Å². The first-order chi connectivity index (χ1) is 6.81. The maximum Gasteiger partial charge on any atom is 0.0468 e. The molecule has 0 fully saturated rings. The summed E-state index contributed by atoms with van der Waals surface area (Å²) in [5.41, 5.74) is 0. The van der Waals surface area contributed by atoms with E-state index in [1.165, 1.54) is 44.9 Å². The lowest BCUT2D eigenvalue weighted by molar-refractivity contribution is 0.117. The summed E-state index contributed by atoms with van der Waals surface area (Å²) in [6.07, 6.45) is 9.14. The van der Waals surface area contributed by atoms with E-state index in [2.05, 4.69) is 20.8 Å². The Morgan fingerprint density at radius 3 is 2.29 bits per heavy atom. The highest BCUT2D eigenvalue weighted by Gasteiger charge is 1.99. The molecule has 0 radical (unpaired) electrons. The Hall–Kier alpha value is -0.0400. The first kappa shape index (κ1) is 14.0. The van der Waals surface area contributed by atoms with Crippen LogP contribution in [0.2, 0.25) is 0 Å². The highest BCUT2D eigenvalue weighted by molar-refractivity contribution is 4.51. The highest BCUT2D eigenvalue weighted by atomic mass is 16.5.